The second-order valence-electron chi connectivity index (χ2n) is 0.867. The summed E-state index contributed by atoms with van der Waals surface area (Å²) in [5.41, 5.74) is 0. The first-order valence-corrected chi connectivity index (χ1v) is 3.21. The molecule has 0 aliphatic carbocycles. The van der Waals surface area contributed by atoms with E-state index in [0.29, 0.717) is 8.68 Å². The predicted octanol–water partition coefficient (Wildman–Crippen LogP) is 0.354. The third kappa shape index (κ3) is 6.67. The zero-order valence-corrected chi connectivity index (χ0v) is 14.0. The zero-order valence-electron chi connectivity index (χ0n) is 5.20. The van der Waals surface area contributed by atoms with E-state index in [2.05, 4.69) is 35.5 Å². The van der Waals surface area contributed by atoms with Gasteiger partial charge in [-0.05, 0) is 0 Å². The van der Waals surface area contributed by atoms with Crippen molar-refractivity contribution in [3.63, 3.8) is 0 Å². The van der Waals surface area contributed by atoms with Gasteiger partial charge in [-0.3, -0.25) is 0 Å². The molecule has 0 unspecified atom stereocenters. The summed E-state index contributed by atoms with van der Waals surface area (Å²) in [5, 5.41) is 7.15. The van der Waals surface area contributed by atoms with Crippen molar-refractivity contribution >= 4 is 139 Å². The van der Waals surface area contributed by atoms with E-state index in [9.17, 15) is 0 Å². The van der Waals surface area contributed by atoms with Gasteiger partial charge in [0.15, 0.2) is 8.68 Å². The second kappa shape index (κ2) is 8.15. The number of rotatable bonds is 0. The van der Waals surface area contributed by atoms with Crippen molar-refractivity contribution in [1.82, 2.24) is 10.2 Å². The van der Waals surface area contributed by atoms with Crippen LogP contribution in [0.5, 0.6) is 0 Å². The predicted molar refractivity (Wildman–Crippen MR) is 45.9 cm³/mol. The van der Waals surface area contributed by atoms with Crippen LogP contribution in [0.4, 0.5) is 0 Å². The van der Waals surface area contributed by atoms with E-state index in [-0.39, 0.29) is 103 Å². The number of nitrogens with zero attached hydrogens (tertiary/aromatic N) is 2. The second-order valence-corrected chi connectivity index (χ2v) is 3.30. The van der Waals surface area contributed by atoms with E-state index in [4.69, 9.17) is 0 Å². The summed E-state index contributed by atoms with van der Waals surface area (Å²) >= 11 is 9.15. The summed E-state index contributed by atoms with van der Waals surface area (Å²) in [6, 6.07) is 0. The number of thiol groups is 2. The molecule has 0 aliphatic rings. The van der Waals surface area contributed by atoms with Gasteiger partial charge >= 0.3 is 0 Å². The number of hydrogen-bond donors (Lipinski definition) is 2. The van der Waals surface area contributed by atoms with E-state index in [1.54, 1.807) is 0 Å². The minimum Gasteiger partial charge on any atom is -0.131 e. The van der Waals surface area contributed by atoms with Crippen molar-refractivity contribution in [3.8, 4) is 0 Å². The van der Waals surface area contributed by atoms with E-state index >= 15 is 0 Å². The van der Waals surface area contributed by atoms with Crippen LogP contribution < -0.4 is 0 Å². The first-order chi connectivity index (χ1) is 3.29. The summed E-state index contributed by atoms with van der Waals surface area (Å²) in [5.74, 6) is 0. The Bertz CT molecular complexity index is 150. The Balaban J connectivity index is 0. The summed E-state index contributed by atoms with van der Waals surface area (Å²) in [6.07, 6.45) is 0. The van der Waals surface area contributed by atoms with Gasteiger partial charge in [0.05, 0.1) is 0 Å². The first kappa shape index (κ1) is 15.0. The molecule has 1 aromatic rings. The van der Waals surface area contributed by atoms with Crippen LogP contribution >= 0.6 is 36.6 Å². The Hall–Kier alpha value is 3.53. The molecular weight excluding hydrogens is 226 g/mol. The average Bonchev–Trinajstić information content (AvgIpc) is 1.87. The molecule has 0 amide bonds. The molecule has 7 heteroatoms. The van der Waals surface area contributed by atoms with E-state index in [1.807, 2.05) is 0 Å². The maximum absolute atomic E-state index is 3.90. The van der Waals surface area contributed by atoms with Crippen LogP contribution in [0, 0.1) is 0 Å². The van der Waals surface area contributed by atoms with Crippen LogP contribution in [-0.4, -0.2) is 113 Å². The molecule has 1 heterocycles. The normalized spacial score (nSPS) is 7.33. The van der Waals surface area contributed by atoms with Crippen molar-refractivity contribution in [2.24, 2.45) is 0 Å². The van der Waals surface area contributed by atoms with Crippen LogP contribution in [0.15, 0.2) is 8.68 Å². The van der Waals surface area contributed by atoms with Crippen molar-refractivity contribution in [1.29, 1.82) is 0 Å². The molecule has 0 spiro atoms. The summed E-state index contributed by atoms with van der Waals surface area (Å²) in [7, 11) is 0. The van der Waals surface area contributed by atoms with E-state index in [0.717, 1.165) is 0 Å². The van der Waals surface area contributed by atoms with Crippen LogP contribution in [0.2, 0.25) is 0 Å². The summed E-state index contributed by atoms with van der Waals surface area (Å²) in [4.78, 5) is 0. The Kier molecular flexibility index (Phi) is 13.6. The Labute approximate surface area is 154 Å². The Morgan fingerprint density at radius 1 is 1.00 bits per heavy atom. The fourth-order valence-corrected chi connectivity index (χ4v) is 1.36. The quantitative estimate of drug-likeness (QED) is 0.495. The maximum Gasteiger partial charge on any atom is 0.172 e. The monoisotopic (exact) mass is 228 g/mol. The molecule has 0 aliphatic heterocycles. The molecule has 40 valence electrons. The van der Waals surface area contributed by atoms with Crippen molar-refractivity contribution in [2.45, 2.75) is 8.68 Å². The van der Waals surface area contributed by atoms with Crippen LogP contribution in [0.1, 0.15) is 0 Å². The molecule has 2 radical (unpaired) electrons. The third-order valence-corrected chi connectivity index (χ3v) is 1.66. The molecule has 1 rings (SSSR count). The summed E-state index contributed by atoms with van der Waals surface area (Å²) in [6.45, 7) is 0. The van der Waals surface area contributed by atoms with Crippen molar-refractivity contribution < 1.29 is 0 Å². The SMILES string of the molecule is Sc1nnc(S)s1.[K].[K]. The molecule has 0 aromatic carbocycles. The standard InChI is InChI=1S/C2H2N2S3.2K/c5-1-3-4-2(6)7-1;;/h(H,3,5)(H,4,6);;. The van der Waals surface area contributed by atoms with E-state index < -0.39 is 0 Å². The van der Waals surface area contributed by atoms with Gasteiger partial charge in [0.1, 0.15) is 0 Å². The Morgan fingerprint density at radius 3 is 1.44 bits per heavy atom. The van der Waals surface area contributed by atoms with Gasteiger partial charge in [0, 0.05) is 103 Å². The van der Waals surface area contributed by atoms with Crippen LogP contribution in [0.3, 0.4) is 0 Å². The zero-order chi connectivity index (χ0) is 5.28. The molecule has 0 saturated heterocycles. The largest absolute Gasteiger partial charge is 0.172 e. The van der Waals surface area contributed by atoms with Gasteiger partial charge in [-0.1, -0.05) is 11.3 Å². The molecule has 0 saturated carbocycles. The number of aromatic nitrogens is 2. The summed E-state index contributed by atoms with van der Waals surface area (Å²) < 4.78 is 1.31. The number of hydrogen-bond acceptors (Lipinski definition) is 5. The minimum absolute atomic E-state index is 0. The minimum atomic E-state index is 0. The molecule has 9 heavy (non-hydrogen) atoms. The topological polar surface area (TPSA) is 25.8 Å². The van der Waals surface area contributed by atoms with Crippen molar-refractivity contribution in [3.05, 3.63) is 0 Å². The smallest absolute Gasteiger partial charge is 0.131 e. The van der Waals surface area contributed by atoms with Gasteiger partial charge in [-0.15, -0.1) is 35.5 Å². The van der Waals surface area contributed by atoms with E-state index in [1.165, 1.54) is 11.3 Å². The van der Waals surface area contributed by atoms with Crippen LogP contribution in [0.25, 0.3) is 0 Å². The van der Waals surface area contributed by atoms with Gasteiger partial charge in [-0.2, -0.15) is 0 Å². The molecular formula is C2H2K2N2S3. The molecule has 0 N–H and O–H groups in total. The molecule has 2 nitrogen and oxygen atoms in total. The third-order valence-electron chi connectivity index (χ3n) is 0.404. The van der Waals surface area contributed by atoms with Crippen molar-refractivity contribution in [2.75, 3.05) is 0 Å². The molecule has 0 atom stereocenters. The molecule has 1 aromatic heterocycles. The van der Waals surface area contributed by atoms with Gasteiger partial charge < -0.3 is 0 Å². The fraction of sp³-hybridized carbons (Fsp3) is 0. The Morgan fingerprint density at radius 2 is 1.33 bits per heavy atom. The van der Waals surface area contributed by atoms with Gasteiger partial charge in [0.2, 0.25) is 0 Å². The van der Waals surface area contributed by atoms with Gasteiger partial charge in [-0.25, -0.2) is 0 Å². The average molecular weight is 228 g/mol. The first-order valence-electron chi connectivity index (χ1n) is 1.50. The van der Waals surface area contributed by atoms with Crippen LogP contribution in [-0.2, 0) is 0 Å². The molecule has 0 bridgehead atoms. The molecule has 0 fully saturated rings. The fourth-order valence-electron chi connectivity index (χ4n) is 0.208. The van der Waals surface area contributed by atoms with Gasteiger partial charge in [0.25, 0.3) is 0 Å². The maximum atomic E-state index is 3.90.